The summed E-state index contributed by atoms with van der Waals surface area (Å²) < 4.78 is 7.14. The molecule has 0 aromatic carbocycles. The molecular formula is C13H15NO2. The predicted octanol–water partition coefficient (Wildman–Crippen LogP) is 2.16. The van der Waals surface area contributed by atoms with Crippen molar-refractivity contribution in [1.29, 1.82) is 0 Å². The fraction of sp³-hybridized carbons (Fsp3) is 0.308. The number of rotatable bonds is 5. The van der Waals surface area contributed by atoms with Gasteiger partial charge in [0.2, 0.25) is 0 Å². The number of hydrogen-bond donors (Lipinski definition) is 0. The number of ether oxygens (including phenoxy) is 1. The fourth-order valence-electron chi connectivity index (χ4n) is 1.59. The van der Waals surface area contributed by atoms with Crippen molar-refractivity contribution in [1.82, 2.24) is 4.57 Å². The zero-order valence-electron chi connectivity index (χ0n) is 9.08. The van der Waals surface area contributed by atoms with Crippen LogP contribution >= 0.6 is 0 Å². The van der Waals surface area contributed by atoms with Gasteiger partial charge in [-0.2, -0.15) is 0 Å². The Balaban J connectivity index is 1.64. The zero-order chi connectivity index (χ0) is 11.2. The molecular weight excluding hydrogens is 202 g/mol. The molecule has 0 fully saturated rings. The van der Waals surface area contributed by atoms with Gasteiger partial charge in [-0.05, 0) is 12.1 Å². The zero-order valence-corrected chi connectivity index (χ0v) is 9.08. The number of carbonyl (C=O) groups excluding carboxylic acids is 1. The molecule has 0 saturated heterocycles. The predicted molar refractivity (Wildman–Crippen MR) is 61.8 cm³/mol. The van der Waals surface area contributed by atoms with E-state index in [-0.39, 0.29) is 11.9 Å². The third kappa shape index (κ3) is 3.12. The first-order valence-corrected chi connectivity index (χ1v) is 5.46. The lowest BCUT2D eigenvalue weighted by molar-refractivity contribution is -0.144. The van der Waals surface area contributed by atoms with Crippen molar-refractivity contribution in [3.05, 3.63) is 48.8 Å². The summed E-state index contributed by atoms with van der Waals surface area (Å²) in [6, 6.07) is 3.89. The summed E-state index contributed by atoms with van der Waals surface area (Å²) in [5, 5.41) is 0. The lowest BCUT2D eigenvalue weighted by Gasteiger charge is -2.07. The Bertz CT molecular complexity index is 378. The van der Waals surface area contributed by atoms with E-state index in [1.807, 2.05) is 53.4 Å². The number of esters is 1. The SMILES string of the molecule is O=C(CCn1cccc1)OCC1C=CC=C1. The van der Waals surface area contributed by atoms with Gasteiger partial charge in [0.05, 0.1) is 6.42 Å². The van der Waals surface area contributed by atoms with Crippen molar-refractivity contribution < 1.29 is 9.53 Å². The molecule has 3 heteroatoms. The molecule has 0 radical (unpaired) electrons. The van der Waals surface area contributed by atoms with Crippen LogP contribution in [0.5, 0.6) is 0 Å². The Kier molecular flexibility index (Phi) is 3.59. The van der Waals surface area contributed by atoms with Crippen LogP contribution < -0.4 is 0 Å². The fourth-order valence-corrected chi connectivity index (χ4v) is 1.59. The minimum Gasteiger partial charge on any atom is -0.465 e. The van der Waals surface area contributed by atoms with Crippen molar-refractivity contribution in [3.8, 4) is 0 Å². The maximum Gasteiger partial charge on any atom is 0.307 e. The highest BCUT2D eigenvalue weighted by Crippen LogP contribution is 2.09. The van der Waals surface area contributed by atoms with Gasteiger partial charge in [0.25, 0.3) is 0 Å². The number of carbonyl (C=O) groups is 1. The van der Waals surface area contributed by atoms with E-state index < -0.39 is 0 Å². The van der Waals surface area contributed by atoms with E-state index in [1.165, 1.54) is 0 Å². The lowest BCUT2D eigenvalue weighted by Crippen LogP contribution is -2.12. The van der Waals surface area contributed by atoms with Crippen LogP contribution in [0.25, 0.3) is 0 Å². The van der Waals surface area contributed by atoms with E-state index in [2.05, 4.69) is 0 Å². The minimum atomic E-state index is -0.137. The third-order valence-electron chi connectivity index (χ3n) is 2.50. The van der Waals surface area contributed by atoms with Crippen molar-refractivity contribution >= 4 is 5.97 Å². The average molecular weight is 217 g/mol. The van der Waals surface area contributed by atoms with E-state index in [9.17, 15) is 4.79 Å². The monoisotopic (exact) mass is 217 g/mol. The van der Waals surface area contributed by atoms with Crippen molar-refractivity contribution in [3.63, 3.8) is 0 Å². The van der Waals surface area contributed by atoms with Crippen molar-refractivity contribution in [2.45, 2.75) is 13.0 Å². The van der Waals surface area contributed by atoms with Crippen LogP contribution in [0, 0.1) is 5.92 Å². The van der Waals surface area contributed by atoms with Gasteiger partial charge in [0.15, 0.2) is 0 Å². The van der Waals surface area contributed by atoms with E-state index in [4.69, 9.17) is 4.74 Å². The number of allylic oxidation sites excluding steroid dienone is 2. The summed E-state index contributed by atoms with van der Waals surface area (Å²) in [4.78, 5) is 11.4. The first-order chi connectivity index (χ1) is 7.84. The standard InChI is InChI=1S/C13H15NO2/c15-13(7-10-14-8-3-4-9-14)16-11-12-5-1-2-6-12/h1-6,8-9,12H,7,10-11H2. The van der Waals surface area contributed by atoms with E-state index in [0.29, 0.717) is 19.6 Å². The minimum absolute atomic E-state index is 0.137. The lowest BCUT2D eigenvalue weighted by atomic mass is 10.2. The summed E-state index contributed by atoms with van der Waals surface area (Å²) in [6.45, 7) is 1.14. The molecule has 2 rings (SSSR count). The van der Waals surface area contributed by atoms with Gasteiger partial charge in [0.1, 0.15) is 6.61 Å². The number of aromatic nitrogens is 1. The number of aryl methyl sites for hydroxylation is 1. The molecule has 0 bridgehead atoms. The molecule has 0 spiro atoms. The number of nitrogens with zero attached hydrogens (tertiary/aromatic N) is 1. The molecule has 0 amide bonds. The van der Waals surface area contributed by atoms with Gasteiger partial charge in [0, 0.05) is 24.9 Å². The Labute approximate surface area is 95.0 Å². The van der Waals surface area contributed by atoms with Crippen LogP contribution in [0.15, 0.2) is 48.8 Å². The molecule has 84 valence electrons. The normalized spacial score (nSPS) is 14.5. The Hall–Kier alpha value is -1.77. The van der Waals surface area contributed by atoms with Gasteiger partial charge in [-0.1, -0.05) is 24.3 Å². The van der Waals surface area contributed by atoms with E-state index in [1.54, 1.807) is 0 Å². The molecule has 16 heavy (non-hydrogen) atoms. The smallest absolute Gasteiger partial charge is 0.307 e. The van der Waals surface area contributed by atoms with Gasteiger partial charge in [-0.15, -0.1) is 0 Å². The summed E-state index contributed by atoms with van der Waals surface area (Å²) in [6.07, 6.45) is 12.3. The molecule has 0 N–H and O–H groups in total. The summed E-state index contributed by atoms with van der Waals surface area (Å²) in [5.74, 6) is 0.123. The molecule has 1 heterocycles. The first-order valence-electron chi connectivity index (χ1n) is 5.46. The van der Waals surface area contributed by atoms with Crippen molar-refractivity contribution in [2.24, 2.45) is 5.92 Å². The molecule has 1 aromatic rings. The van der Waals surface area contributed by atoms with Crippen molar-refractivity contribution in [2.75, 3.05) is 6.61 Å². The Morgan fingerprint density at radius 2 is 1.88 bits per heavy atom. The molecule has 0 atom stereocenters. The summed E-state index contributed by atoms with van der Waals surface area (Å²) >= 11 is 0. The van der Waals surface area contributed by atoms with Gasteiger partial charge < -0.3 is 9.30 Å². The largest absolute Gasteiger partial charge is 0.465 e. The van der Waals surface area contributed by atoms with Crippen LogP contribution in [0.4, 0.5) is 0 Å². The molecule has 3 nitrogen and oxygen atoms in total. The van der Waals surface area contributed by atoms with Crippen LogP contribution in [0.2, 0.25) is 0 Å². The second kappa shape index (κ2) is 5.35. The van der Waals surface area contributed by atoms with Gasteiger partial charge in [-0.25, -0.2) is 0 Å². The molecule has 1 aliphatic carbocycles. The highest BCUT2D eigenvalue weighted by molar-refractivity contribution is 5.69. The van der Waals surface area contributed by atoms with Crippen LogP contribution in [-0.2, 0) is 16.1 Å². The topological polar surface area (TPSA) is 31.2 Å². The van der Waals surface area contributed by atoms with Crippen LogP contribution in [-0.4, -0.2) is 17.1 Å². The molecule has 0 aliphatic heterocycles. The molecule has 0 unspecified atom stereocenters. The highest BCUT2D eigenvalue weighted by atomic mass is 16.5. The molecule has 1 aliphatic rings. The summed E-state index contributed by atoms with van der Waals surface area (Å²) in [7, 11) is 0. The first kappa shape index (κ1) is 10.7. The van der Waals surface area contributed by atoms with E-state index in [0.717, 1.165) is 0 Å². The second-order valence-electron chi connectivity index (χ2n) is 3.79. The highest BCUT2D eigenvalue weighted by Gasteiger charge is 2.08. The second-order valence-corrected chi connectivity index (χ2v) is 3.79. The Morgan fingerprint density at radius 1 is 1.19 bits per heavy atom. The quantitative estimate of drug-likeness (QED) is 0.708. The maximum atomic E-state index is 11.4. The Morgan fingerprint density at radius 3 is 2.56 bits per heavy atom. The van der Waals surface area contributed by atoms with E-state index >= 15 is 0 Å². The van der Waals surface area contributed by atoms with Crippen LogP contribution in [0.1, 0.15) is 6.42 Å². The van der Waals surface area contributed by atoms with Crippen LogP contribution in [0.3, 0.4) is 0 Å². The van der Waals surface area contributed by atoms with Gasteiger partial charge in [-0.3, -0.25) is 4.79 Å². The number of hydrogen-bond acceptors (Lipinski definition) is 2. The molecule has 1 aromatic heterocycles. The average Bonchev–Trinajstić information content (AvgIpc) is 2.96. The molecule has 0 saturated carbocycles. The third-order valence-corrected chi connectivity index (χ3v) is 2.50. The van der Waals surface area contributed by atoms with Gasteiger partial charge >= 0.3 is 5.97 Å². The summed E-state index contributed by atoms with van der Waals surface area (Å²) in [5.41, 5.74) is 0. The maximum absolute atomic E-state index is 11.4.